The van der Waals surface area contributed by atoms with E-state index in [4.69, 9.17) is 0 Å². The highest BCUT2D eigenvalue weighted by atomic mass is 32.1. The molecule has 0 fully saturated rings. The largest absolute Gasteiger partial charge is 0.151 e. The lowest BCUT2D eigenvalue weighted by Crippen LogP contribution is -2.05. The maximum Gasteiger partial charge on any atom is 0.000472 e. The summed E-state index contributed by atoms with van der Waals surface area (Å²) in [5.41, 5.74) is 32.3. The first-order valence-corrected chi connectivity index (χ1v) is 42.5. The summed E-state index contributed by atoms with van der Waals surface area (Å²) in [4.78, 5) is 0. The summed E-state index contributed by atoms with van der Waals surface area (Å²) < 4.78 is 0. The molecule has 0 radical (unpaired) electrons. The normalized spacial score (nSPS) is 11.7. The molecule has 0 amide bonds. The highest BCUT2D eigenvalue weighted by molar-refractivity contribution is 7.09. The quantitative estimate of drug-likeness (QED) is 0.0333. The van der Waals surface area contributed by atoms with Crippen LogP contribution in [0.3, 0.4) is 0 Å². The van der Waals surface area contributed by atoms with Gasteiger partial charge in [-0.05, 0) is 250 Å². The molecule has 3 aromatic heterocycles. The second-order valence-corrected chi connectivity index (χ2v) is 30.6. The molecule has 0 unspecified atom stereocenters. The molecule has 0 saturated carbocycles. The molecule has 3 heteroatoms. The van der Waals surface area contributed by atoms with E-state index in [1.54, 1.807) is 50.1 Å². The Labute approximate surface area is 584 Å². The van der Waals surface area contributed by atoms with Gasteiger partial charge in [0.05, 0.1) is 0 Å². The highest BCUT2D eigenvalue weighted by Crippen LogP contribution is 2.48. The van der Waals surface area contributed by atoms with Gasteiger partial charge in [0.2, 0.25) is 0 Å². The van der Waals surface area contributed by atoms with Crippen LogP contribution in [0.5, 0.6) is 0 Å². The maximum atomic E-state index is 2.65. The van der Waals surface area contributed by atoms with E-state index in [1.807, 2.05) is 34.0 Å². The molecule has 510 valence electrons. The number of rotatable bonds is 51. The van der Waals surface area contributed by atoms with Crippen LogP contribution < -0.4 is 0 Å². The van der Waals surface area contributed by atoms with Gasteiger partial charge in [-0.1, -0.05) is 272 Å². The Hall–Kier alpha value is -4.02. The second kappa shape index (κ2) is 44.7. The SMILES string of the molecule is CCCCCCc1ccc(-c2cscc2-c2cc(-c3cscc3-c3ccc(CCCCCC)c(CCCCCC)c3CCCCCC)cc(-c3cscc3-c3ccc(CCCCCC)c(CCCCCC)c3CCCCCC)c2)c(CCCCCC)c1CCCCCC. The fourth-order valence-electron chi connectivity index (χ4n) is 15.4. The van der Waals surface area contributed by atoms with Crippen LogP contribution in [-0.4, -0.2) is 0 Å². The average molecular weight is 1310 g/mol. The zero-order valence-corrected chi connectivity index (χ0v) is 63.7. The van der Waals surface area contributed by atoms with Crippen LogP contribution in [0.1, 0.15) is 344 Å². The van der Waals surface area contributed by atoms with Gasteiger partial charge in [-0.25, -0.2) is 0 Å². The van der Waals surface area contributed by atoms with Crippen LogP contribution in [-0.2, 0) is 57.8 Å². The highest BCUT2D eigenvalue weighted by Gasteiger charge is 2.25. The minimum absolute atomic E-state index is 1.18. The minimum atomic E-state index is 1.18. The monoisotopic (exact) mass is 1310 g/mol. The fraction of sp³-hybridized carbons (Fsp3) is 0.600. The van der Waals surface area contributed by atoms with E-state index < -0.39 is 0 Å². The first-order valence-electron chi connectivity index (χ1n) is 39.7. The molecule has 0 aliphatic rings. The van der Waals surface area contributed by atoms with Gasteiger partial charge in [0, 0.05) is 33.4 Å². The van der Waals surface area contributed by atoms with Crippen molar-refractivity contribution in [1.82, 2.24) is 0 Å². The second-order valence-electron chi connectivity index (χ2n) is 28.4. The summed E-state index contributed by atoms with van der Waals surface area (Å²) in [5, 5.41) is 15.3. The summed E-state index contributed by atoms with van der Waals surface area (Å²) in [6, 6.07) is 23.6. The van der Waals surface area contributed by atoms with Gasteiger partial charge in [0.1, 0.15) is 0 Å². The molecular weight excluding hydrogens is 1180 g/mol. The van der Waals surface area contributed by atoms with Crippen molar-refractivity contribution in [3.05, 3.63) is 137 Å². The summed E-state index contributed by atoms with van der Waals surface area (Å²) in [6.45, 7) is 21.3. The van der Waals surface area contributed by atoms with Crippen LogP contribution in [0.25, 0.3) is 66.8 Å². The molecule has 93 heavy (non-hydrogen) atoms. The van der Waals surface area contributed by atoms with Crippen molar-refractivity contribution in [3.8, 4) is 66.8 Å². The Morgan fingerprint density at radius 3 is 0.591 bits per heavy atom. The van der Waals surface area contributed by atoms with Crippen molar-refractivity contribution >= 4 is 34.0 Å². The number of benzene rings is 4. The topological polar surface area (TPSA) is 0 Å². The van der Waals surface area contributed by atoms with Crippen molar-refractivity contribution in [2.75, 3.05) is 0 Å². The van der Waals surface area contributed by atoms with E-state index in [9.17, 15) is 0 Å². The van der Waals surface area contributed by atoms with Crippen molar-refractivity contribution in [3.63, 3.8) is 0 Å². The average Bonchev–Trinajstić information content (AvgIpc) is 1.74. The number of thiophene rings is 3. The zero-order chi connectivity index (χ0) is 65.7. The van der Waals surface area contributed by atoms with E-state index in [1.165, 1.54) is 356 Å². The summed E-state index contributed by atoms with van der Waals surface area (Å²) in [5.74, 6) is 0. The van der Waals surface area contributed by atoms with Crippen molar-refractivity contribution in [2.24, 2.45) is 0 Å². The van der Waals surface area contributed by atoms with Gasteiger partial charge in [-0.3, -0.25) is 0 Å². The predicted octanol–water partition coefficient (Wildman–Crippen LogP) is 31.0. The van der Waals surface area contributed by atoms with Gasteiger partial charge in [0.25, 0.3) is 0 Å². The molecule has 0 aliphatic heterocycles. The first-order chi connectivity index (χ1) is 45.9. The number of aryl methyl sites for hydroxylation is 3. The Morgan fingerprint density at radius 2 is 0.376 bits per heavy atom. The minimum Gasteiger partial charge on any atom is -0.151 e. The number of hydrogen-bond acceptors (Lipinski definition) is 3. The lowest BCUT2D eigenvalue weighted by molar-refractivity contribution is 0.640. The number of hydrogen-bond donors (Lipinski definition) is 0. The summed E-state index contributed by atoms with van der Waals surface area (Å²) >= 11 is 5.78. The third-order valence-corrected chi connectivity index (χ3v) is 23.1. The summed E-state index contributed by atoms with van der Waals surface area (Å²) in [7, 11) is 0. The van der Waals surface area contributed by atoms with Crippen LogP contribution in [0.4, 0.5) is 0 Å². The van der Waals surface area contributed by atoms with Crippen LogP contribution in [0.15, 0.2) is 86.9 Å². The Balaban J connectivity index is 1.49. The lowest BCUT2D eigenvalue weighted by atomic mass is 9.82. The summed E-state index contributed by atoms with van der Waals surface area (Å²) in [6.07, 6.45) is 57.8. The van der Waals surface area contributed by atoms with Crippen LogP contribution in [0, 0.1) is 0 Å². The molecule has 0 N–H and O–H groups in total. The predicted molar refractivity (Wildman–Crippen MR) is 423 cm³/mol. The van der Waals surface area contributed by atoms with Crippen LogP contribution in [0.2, 0.25) is 0 Å². The third-order valence-electron chi connectivity index (χ3n) is 20.9. The van der Waals surface area contributed by atoms with Crippen molar-refractivity contribution in [2.45, 2.75) is 351 Å². The van der Waals surface area contributed by atoms with E-state index in [0.717, 1.165) is 0 Å². The van der Waals surface area contributed by atoms with E-state index in [0.29, 0.717) is 0 Å². The van der Waals surface area contributed by atoms with Gasteiger partial charge < -0.3 is 0 Å². The Morgan fingerprint density at radius 1 is 0.183 bits per heavy atom. The lowest BCUT2D eigenvalue weighted by Gasteiger charge is -2.22. The molecule has 0 spiro atoms. The van der Waals surface area contributed by atoms with Gasteiger partial charge >= 0.3 is 0 Å². The molecule has 0 bridgehead atoms. The Bertz CT molecular complexity index is 2800. The van der Waals surface area contributed by atoms with Crippen molar-refractivity contribution in [1.29, 1.82) is 0 Å². The van der Waals surface area contributed by atoms with E-state index >= 15 is 0 Å². The van der Waals surface area contributed by atoms with Crippen LogP contribution >= 0.6 is 34.0 Å². The molecular formula is C90H132S3. The molecule has 0 saturated heterocycles. The molecule has 3 heterocycles. The van der Waals surface area contributed by atoms with Gasteiger partial charge in [-0.2, -0.15) is 34.0 Å². The molecule has 7 aromatic rings. The Kier molecular flexibility index (Phi) is 36.7. The number of unbranched alkanes of at least 4 members (excludes halogenated alkanes) is 27. The molecule has 7 rings (SSSR count). The molecule has 0 atom stereocenters. The molecule has 0 aliphatic carbocycles. The van der Waals surface area contributed by atoms with E-state index in [-0.39, 0.29) is 0 Å². The standard InChI is InChI=1S/C90H132S3/c1-10-19-28-37-46-70-55-58-82(79(52-43-34-25-16-7)76(70)49-40-31-22-13-4)88-67-91-64-85(88)73-61-74(86-65-92-68-89(86)83-59-56-71(47-38-29-20-11-2)77(50-41-32-23-14-5)80(83)53-44-35-26-17-8)63-75(62-73)87-66-93-69-90(87)84-60-57-72(48-39-30-21-12-3)78(51-42-33-24-15-6)81(84)54-45-36-27-18-9/h55-69H,10-54H2,1-9H3. The molecule has 4 aromatic carbocycles. The van der Waals surface area contributed by atoms with Gasteiger partial charge in [-0.15, -0.1) is 0 Å². The first kappa shape index (κ1) is 76.3. The zero-order valence-electron chi connectivity index (χ0n) is 61.2. The maximum absolute atomic E-state index is 2.65. The van der Waals surface area contributed by atoms with Gasteiger partial charge in [0.15, 0.2) is 0 Å². The van der Waals surface area contributed by atoms with E-state index in [2.05, 4.69) is 149 Å². The smallest absolute Gasteiger partial charge is 0.000472 e. The van der Waals surface area contributed by atoms with Crippen molar-refractivity contribution < 1.29 is 0 Å². The fourth-order valence-corrected chi connectivity index (χ4v) is 17.9. The molecule has 0 nitrogen and oxygen atoms in total. The third kappa shape index (κ3) is 23.3.